The molecule has 0 aliphatic carbocycles. The second-order valence-corrected chi connectivity index (χ2v) is 8.21. The van der Waals surface area contributed by atoms with Gasteiger partial charge in [0, 0.05) is 34.0 Å². The third kappa shape index (κ3) is 5.81. The number of hydrogen-bond acceptors (Lipinski definition) is 5. The van der Waals surface area contributed by atoms with Crippen LogP contribution in [0.4, 0.5) is 5.13 Å². The highest BCUT2D eigenvalue weighted by molar-refractivity contribution is 7.16. The van der Waals surface area contributed by atoms with Crippen LogP contribution >= 0.6 is 22.9 Å². The Morgan fingerprint density at radius 3 is 2.47 bits per heavy atom. The molecule has 0 spiro atoms. The Labute approximate surface area is 184 Å². The third-order valence-corrected chi connectivity index (χ3v) is 5.52. The van der Waals surface area contributed by atoms with Crippen molar-refractivity contribution in [2.45, 2.75) is 19.8 Å². The normalized spacial score (nSPS) is 10.5. The number of rotatable bonds is 8. The predicted molar refractivity (Wildman–Crippen MR) is 120 cm³/mol. The van der Waals surface area contributed by atoms with Gasteiger partial charge in [-0.15, -0.1) is 11.3 Å². The Kier molecular flexibility index (Phi) is 7.43. The molecular formula is C22H22ClN3O3S. The summed E-state index contributed by atoms with van der Waals surface area (Å²) in [5.41, 5.74) is 2.34. The van der Waals surface area contributed by atoms with Crippen LogP contribution in [0, 0.1) is 6.92 Å². The number of amides is 2. The standard InChI is InChI=1S/C22H22ClN3O3S/c1-14-20(15-7-11-18(29-2)12-8-15)26-22(30-14)25-19(27)4-3-13-24-21(28)16-5-9-17(23)10-6-16/h5-12H,3-4,13H2,1-2H3,(H,24,28)(H,25,26,27). The number of nitrogens with one attached hydrogen (secondary N) is 2. The lowest BCUT2D eigenvalue weighted by Crippen LogP contribution is -2.25. The SMILES string of the molecule is COc1ccc(-c2nc(NC(=O)CCCNC(=O)c3ccc(Cl)cc3)sc2C)cc1. The molecule has 0 fully saturated rings. The maximum atomic E-state index is 12.2. The molecule has 2 N–H and O–H groups in total. The van der Waals surface area contributed by atoms with Gasteiger partial charge in [-0.25, -0.2) is 4.98 Å². The van der Waals surface area contributed by atoms with Gasteiger partial charge in [0.15, 0.2) is 5.13 Å². The highest BCUT2D eigenvalue weighted by atomic mass is 35.5. The predicted octanol–water partition coefficient (Wildman–Crippen LogP) is 4.93. The van der Waals surface area contributed by atoms with Crippen molar-refractivity contribution in [1.82, 2.24) is 10.3 Å². The number of carbonyl (C=O) groups excluding carboxylic acids is 2. The Balaban J connectivity index is 1.47. The van der Waals surface area contributed by atoms with Crippen LogP contribution in [0.3, 0.4) is 0 Å². The number of hydrogen-bond donors (Lipinski definition) is 2. The van der Waals surface area contributed by atoms with Crippen LogP contribution in [0.2, 0.25) is 5.02 Å². The molecule has 0 aliphatic heterocycles. The number of methoxy groups -OCH3 is 1. The van der Waals surface area contributed by atoms with E-state index in [9.17, 15) is 9.59 Å². The summed E-state index contributed by atoms with van der Waals surface area (Å²) in [4.78, 5) is 29.8. The van der Waals surface area contributed by atoms with E-state index in [1.807, 2.05) is 31.2 Å². The minimum absolute atomic E-state index is 0.134. The fourth-order valence-corrected chi connectivity index (χ4v) is 3.78. The number of carbonyl (C=O) groups is 2. The maximum Gasteiger partial charge on any atom is 0.251 e. The number of aryl methyl sites for hydroxylation is 1. The van der Waals surface area contributed by atoms with Gasteiger partial charge in [0.1, 0.15) is 5.75 Å². The molecule has 0 saturated carbocycles. The molecule has 6 nitrogen and oxygen atoms in total. The molecule has 0 atom stereocenters. The van der Waals surface area contributed by atoms with E-state index in [2.05, 4.69) is 15.6 Å². The van der Waals surface area contributed by atoms with Crippen LogP contribution in [0.5, 0.6) is 5.75 Å². The second-order valence-electron chi connectivity index (χ2n) is 6.57. The zero-order chi connectivity index (χ0) is 21.5. The van der Waals surface area contributed by atoms with Gasteiger partial charge in [-0.3, -0.25) is 9.59 Å². The number of anilines is 1. The fraction of sp³-hybridized carbons (Fsp3) is 0.227. The Hall–Kier alpha value is -2.90. The molecule has 1 aromatic heterocycles. The zero-order valence-corrected chi connectivity index (χ0v) is 18.3. The largest absolute Gasteiger partial charge is 0.497 e. The quantitative estimate of drug-likeness (QED) is 0.484. The summed E-state index contributed by atoms with van der Waals surface area (Å²) in [7, 11) is 1.62. The Bertz CT molecular complexity index is 1020. The molecule has 30 heavy (non-hydrogen) atoms. The monoisotopic (exact) mass is 443 g/mol. The van der Waals surface area contributed by atoms with Crippen LogP contribution < -0.4 is 15.4 Å². The summed E-state index contributed by atoms with van der Waals surface area (Å²) < 4.78 is 5.18. The van der Waals surface area contributed by atoms with Crippen molar-refractivity contribution >= 4 is 39.9 Å². The lowest BCUT2D eigenvalue weighted by atomic mass is 10.1. The van der Waals surface area contributed by atoms with Gasteiger partial charge in [0.25, 0.3) is 5.91 Å². The first kappa shape index (κ1) is 21.8. The van der Waals surface area contributed by atoms with Gasteiger partial charge >= 0.3 is 0 Å². The van der Waals surface area contributed by atoms with Gasteiger partial charge < -0.3 is 15.4 Å². The molecule has 2 amide bonds. The van der Waals surface area contributed by atoms with E-state index < -0.39 is 0 Å². The van der Waals surface area contributed by atoms with Crippen molar-refractivity contribution in [3.63, 3.8) is 0 Å². The van der Waals surface area contributed by atoms with Crippen molar-refractivity contribution < 1.29 is 14.3 Å². The maximum absolute atomic E-state index is 12.2. The summed E-state index contributed by atoms with van der Waals surface area (Å²) in [6, 6.07) is 14.3. The molecule has 3 aromatic rings. The van der Waals surface area contributed by atoms with Gasteiger partial charge in [-0.05, 0) is 61.9 Å². The molecule has 156 valence electrons. The fourth-order valence-electron chi connectivity index (χ4n) is 2.80. The summed E-state index contributed by atoms with van der Waals surface area (Å²) >= 11 is 7.25. The molecule has 8 heteroatoms. The molecule has 0 radical (unpaired) electrons. The van der Waals surface area contributed by atoms with E-state index in [1.165, 1.54) is 11.3 Å². The minimum Gasteiger partial charge on any atom is -0.497 e. The molecule has 0 saturated heterocycles. The van der Waals surface area contributed by atoms with Gasteiger partial charge in [-0.1, -0.05) is 11.6 Å². The average Bonchev–Trinajstić information content (AvgIpc) is 3.11. The zero-order valence-electron chi connectivity index (χ0n) is 16.7. The number of aromatic nitrogens is 1. The molecular weight excluding hydrogens is 422 g/mol. The molecule has 1 heterocycles. The summed E-state index contributed by atoms with van der Waals surface area (Å²) in [6.07, 6.45) is 0.818. The Morgan fingerprint density at radius 2 is 1.80 bits per heavy atom. The number of thiazole rings is 1. The topological polar surface area (TPSA) is 80.3 Å². The molecule has 0 aliphatic rings. The number of ether oxygens (including phenoxy) is 1. The lowest BCUT2D eigenvalue weighted by Gasteiger charge is -2.05. The van der Waals surface area contributed by atoms with E-state index in [4.69, 9.17) is 16.3 Å². The van der Waals surface area contributed by atoms with Gasteiger partial charge in [0.05, 0.1) is 12.8 Å². The van der Waals surface area contributed by atoms with Crippen LogP contribution in [-0.2, 0) is 4.79 Å². The van der Waals surface area contributed by atoms with Crippen LogP contribution in [-0.4, -0.2) is 30.5 Å². The van der Waals surface area contributed by atoms with E-state index >= 15 is 0 Å². The highest BCUT2D eigenvalue weighted by Crippen LogP contribution is 2.31. The highest BCUT2D eigenvalue weighted by Gasteiger charge is 2.12. The van der Waals surface area contributed by atoms with Crippen LogP contribution in [0.25, 0.3) is 11.3 Å². The van der Waals surface area contributed by atoms with Gasteiger partial charge in [-0.2, -0.15) is 0 Å². The van der Waals surface area contributed by atoms with Crippen LogP contribution in [0.1, 0.15) is 28.1 Å². The van der Waals surface area contributed by atoms with E-state index in [0.717, 1.165) is 21.9 Å². The van der Waals surface area contributed by atoms with Crippen molar-refractivity contribution in [2.24, 2.45) is 0 Å². The summed E-state index contributed by atoms with van der Waals surface area (Å²) in [5, 5.41) is 6.78. The third-order valence-electron chi connectivity index (χ3n) is 4.38. The molecule has 3 rings (SSSR count). The van der Waals surface area contributed by atoms with Crippen LogP contribution in [0.15, 0.2) is 48.5 Å². The second kappa shape index (κ2) is 10.2. The molecule has 0 bridgehead atoms. The van der Waals surface area contributed by atoms with Crippen molar-refractivity contribution in [3.8, 4) is 17.0 Å². The van der Waals surface area contributed by atoms with E-state index in [-0.39, 0.29) is 18.2 Å². The van der Waals surface area contributed by atoms with E-state index in [1.54, 1.807) is 31.4 Å². The summed E-state index contributed by atoms with van der Waals surface area (Å²) in [5.74, 6) is 0.459. The minimum atomic E-state index is -0.188. The number of nitrogens with zero attached hydrogens (tertiary/aromatic N) is 1. The number of benzene rings is 2. The van der Waals surface area contributed by atoms with Gasteiger partial charge in [0.2, 0.25) is 5.91 Å². The number of halogens is 1. The lowest BCUT2D eigenvalue weighted by molar-refractivity contribution is -0.116. The first-order chi connectivity index (χ1) is 14.5. The van der Waals surface area contributed by atoms with E-state index in [0.29, 0.717) is 28.7 Å². The smallest absolute Gasteiger partial charge is 0.251 e. The van der Waals surface area contributed by atoms with Crippen molar-refractivity contribution in [2.75, 3.05) is 19.0 Å². The van der Waals surface area contributed by atoms with Crippen molar-refractivity contribution in [3.05, 3.63) is 64.0 Å². The Morgan fingerprint density at radius 1 is 1.10 bits per heavy atom. The first-order valence-corrected chi connectivity index (χ1v) is 10.6. The van der Waals surface area contributed by atoms with Crippen molar-refractivity contribution in [1.29, 1.82) is 0 Å². The summed E-state index contributed by atoms with van der Waals surface area (Å²) in [6.45, 7) is 2.38. The molecule has 2 aromatic carbocycles. The molecule has 0 unspecified atom stereocenters. The average molecular weight is 444 g/mol. The first-order valence-electron chi connectivity index (χ1n) is 9.41.